The van der Waals surface area contributed by atoms with Gasteiger partial charge in [-0.2, -0.15) is 0 Å². The summed E-state index contributed by atoms with van der Waals surface area (Å²) in [5, 5.41) is 2.59. The maximum atomic E-state index is 11.6. The van der Waals surface area contributed by atoms with Gasteiger partial charge < -0.3 is 9.73 Å². The van der Waals surface area contributed by atoms with E-state index in [0.717, 1.165) is 12.8 Å². The van der Waals surface area contributed by atoms with Gasteiger partial charge in [-0.1, -0.05) is 13.3 Å². The maximum absolute atomic E-state index is 11.6. The van der Waals surface area contributed by atoms with Crippen molar-refractivity contribution in [3.8, 4) is 0 Å². The lowest BCUT2D eigenvalue weighted by molar-refractivity contribution is -0.121. The highest BCUT2D eigenvalue weighted by atomic mass is 32.2. The van der Waals surface area contributed by atoms with Crippen molar-refractivity contribution in [3.05, 3.63) is 24.2 Å². The van der Waals surface area contributed by atoms with Gasteiger partial charge in [-0.3, -0.25) is 4.79 Å². The van der Waals surface area contributed by atoms with E-state index in [1.165, 1.54) is 6.26 Å². The lowest BCUT2D eigenvalue weighted by Gasteiger charge is -2.06. The molecule has 108 valence electrons. The Morgan fingerprint density at radius 3 is 2.84 bits per heavy atom. The third-order valence-corrected chi connectivity index (χ3v) is 3.82. The molecule has 0 spiro atoms. The Morgan fingerprint density at radius 2 is 2.21 bits per heavy atom. The normalized spacial score (nSPS) is 11.4. The van der Waals surface area contributed by atoms with Crippen LogP contribution < -0.4 is 10.0 Å². The Bertz CT molecular complexity index is 468. The Kier molecular flexibility index (Phi) is 6.58. The number of carbonyl (C=O) groups excluding carboxylic acids is 1. The third kappa shape index (κ3) is 6.97. The number of nitrogens with one attached hydrogen (secondary N) is 2. The minimum absolute atomic E-state index is 0.108. The Hall–Kier alpha value is -1.34. The molecule has 0 unspecified atom stereocenters. The van der Waals surface area contributed by atoms with Crippen LogP contribution in [0.3, 0.4) is 0 Å². The Balaban J connectivity index is 2.21. The number of sulfonamides is 1. The highest BCUT2D eigenvalue weighted by molar-refractivity contribution is 7.89. The van der Waals surface area contributed by atoms with E-state index in [0.29, 0.717) is 12.2 Å². The van der Waals surface area contributed by atoms with Gasteiger partial charge in [0.2, 0.25) is 15.9 Å². The van der Waals surface area contributed by atoms with E-state index in [2.05, 4.69) is 10.0 Å². The number of unbranched alkanes of at least 4 members (excludes halogenated alkanes) is 1. The van der Waals surface area contributed by atoms with Crippen LogP contribution in [0.25, 0.3) is 0 Å². The largest absolute Gasteiger partial charge is 0.468 e. The predicted molar refractivity (Wildman–Crippen MR) is 71.9 cm³/mol. The van der Waals surface area contributed by atoms with Gasteiger partial charge in [0.25, 0.3) is 0 Å². The Labute approximate surface area is 113 Å². The highest BCUT2D eigenvalue weighted by Crippen LogP contribution is 1.99. The first-order valence-electron chi connectivity index (χ1n) is 6.30. The van der Waals surface area contributed by atoms with Crippen LogP contribution in [0.2, 0.25) is 0 Å². The first-order chi connectivity index (χ1) is 9.03. The molecule has 6 nitrogen and oxygen atoms in total. The Morgan fingerprint density at radius 1 is 1.42 bits per heavy atom. The molecule has 0 aliphatic heterocycles. The van der Waals surface area contributed by atoms with Crippen molar-refractivity contribution < 1.29 is 17.6 Å². The number of hydrogen-bond donors (Lipinski definition) is 2. The minimum atomic E-state index is -3.40. The number of carbonyl (C=O) groups is 1. The van der Waals surface area contributed by atoms with Gasteiger partial charge in [-0.05, 0) is 18.6 Å². The number of hydrogen-bond acceptors (Lipinski definition) is 4. The monoisotopic (exact) mass is 288 g/mol. The second kappa shape index (κ2) is 7.96. The van der Waals surface area contributed by atoms with Crippen LogP contribution in [0.1, 0.15) is 31.9 Å². The molecule has 1 amide bonds. The third-order valence-electron chi connectivity index (χ3n) is 2.50. The van der Waals surface area contributed by atoms with E-state index in [9.17, 15) is 13.2 Å². The quantitative estimate of drug-likeness (QED) is 0.709. The standard InChI is InChI=1S/C12H20N2O4S/c1-2-3-6-12(15)13-7-9-19(16,17)14-10-11-5-4-8-18-11/h4-5,8,14H,2-3,6-7,9-10H2,1H3,(H,13,15). The summed E-state index contributed by atoms with van der Waals surface area (Å²) in [7, 11) is -3.40. The zero-order valence-electron chi connectivity index (χ0n) is 11.0. The van der Waals surface area contributed by atoms with Crippen molar-refractivity contribution in [1.82, 2.24) is 10.0 Å². The average molecular weight is 288 g/mol. The lowest BCUT2D eigenvalue weighted by atomic mass is 10.2. The fraction of sp³-hybridized carbons (Fsp3) is 0.583. The molecule has 0 aliphatic rings. The molecule has 0 bridgehead atoms. The van der Waals surface area contributed by atoms with Crippen molar-refractivity contribution in [3.63, 3.8) is 0 Å². The van der Waals surface area contributed by atoms with Gasteiger partial charge in [0.05, 0.1) is 18.6 Å². The molecule has 19 heavy (non-hydrogen) atoms. The molecule has 0 saturated heterocycles. The summed E-state index contributed by atoms with van der Waals surface area (Å²) in [5.41, 5.74) is 0. The zero-order chi connectivity index (χ0) is 14.1. The van der Waals surface area contributed by atoms with E-state index in [1.54, 1.807) is 12.1 Å². The molecule has 1 heterocycles. The second-order valence-electron chi connectivity index (χ2n) is 4.17. The molecule has 2 N–H and O–H groups in total. The molecule has 0 aliphatic carbocycles. The highest BCUT2D eigenvalue weighted by Gasteiger charge is 2.11. The molecule has 7 heteroatoms. The van der Waals surface area contributed by atoms with Crippen LogP contribution in [0.5, 0.6) is 0 Å². The van der Waals surface area contributed by atoms with Crippen molar-refractivity contribution in [2.75, 3.05) is 12.3 Å². The van der Waals surface area contributed by atoms with Gasteiger partial charge in [0.1, 0.15) is 5.76 Å². The van der Waals surface area contributed by atoms with Crippen molar-refractivity contribution in [2.45, 2.75) is 32.7 Å². The lowest BCUT2D eigenvalue weighted by Crippen LogP contribution is -2.34. The molecule has 0 radical (unpaired) electrons. The summed E-state index contributed by atoms with van der Waals surface area (Å²) in [6.45, 7) is 2.24. The molecule has 0 atom stereocenters. The second-order valence-corrected chi connectivity index (χ2v) is 6.10. The van der Waals surface area contributed by atoms with Gasteiger partial charge in [0.15, 0.2) is 0 Å². The van der Waals surface area contributed by atoms with E-state index in [4.69, 9.17) is 4.42 Å². The number of amides is 1. The molecular formula is C12H20N2O4S. The van der Waals surface area contributed by atoms with E-state index < -0.39 is 10.0 Å². The predicted octanol–water partition coefficient (Wildman–Crippen LogP) is 1.01. The topological polar surface area (TPSA) is 88.4 Å². The summed E-state index contributed by atoms with van der Waals surface area (Å²) in [4.78, 5) is 11.3. The first-order valence-corrected chi connectivity index (χ1v) is 7.95. The average Bonchev–Trinajstić information content (AvgIpc) is 2.87. The molecule has 0 aromatic carbocycles. The van der Waals surface area contributed by atoms with Crippen molar-refractivity contribution >= 4 is 15.9 Å². The van der Waals surface area contributed by atoms with Crippen molar-refractivity contribution in [2.24, 2.45) is 0 Å². The smallest absolute Gasteiger partial charge is 0.220 e. The van der Waals surface area contributed by atoms with Crippen LogP contribution in [-0.4, -0.2) is 26.6 Å². The van der Waals surface area contributed by atoms with E-state index in [1.807, 2.05) is 6.92 Å². The molecule has 1 rings (SSSR count). The number of rotatable bonds is 9. The maximum Gasteiger partial charge on any atom is 0.220 e. The summed E-state index contributed by atoms with van der Waals surface area (Å²) >= 11 is 0. The molecule has 0 saturated carbocycles. The summed E-state index contributed by atoms with van der Waals surface area (Å²) in [5.74, 6) is 0.310. The van der Waals surface area contributed by atoms with Crippen LogP contribution >= 0.6 is 0 Å². The van der Waals surface area contributed by atoms with Gasteiger partial charge in [0, 0.05) is 13.0 Å². The summed E-state index contributed by atoms with van der Waals surface area (Å²) < 4.78 is 30.7. The fourth-order valence-electron chi connectivity index (χ4n) is 1.42. The molecule has 1 aromatic rings. The number of furan rings is 1. The van der Waals surface area contributed by atoms with E-state index in [-0.39, 0.29) is 24.7 Å². The van der Waals surface area contributed by atoms with Crippen LogP contribution in [0.15, 0.2) is 22.8 Å². The SMILES string of the molecule is CCCCC(=O)NCCS(=O)(=O)NCc1ccco1. The first kappa shape index (κ1) is 15.7. The van der Waals surface area contributed by atoms with Crippen LogP contribution in [0.4, 0.5) is 0 Å². The fourth-order valence-corrected chi connectivity index (χ4v) is 2.29. The van der Waals surface area contributed by atoms with Crippen molar-refractivity contribution in [1.29, 1.82) is 0 Å². The summed E-state index contributed by atoms with van der Waals surface area (Å²) in [6.07, 6.45) is 3.68. The molecule has 0 fully saturated rings. The van der Waals surface area contributed by atoms with Crippen LogP contribution in [-0.2, 0) is 21.4 Å². The van der Waals surface area contributed by atoms with Gasteiger partial charge >= 0.3 is 0 Å². The van der Waals surface area contributed by atoms with E-state index >= 15 is 0 Å². The summed E-state index contributed by atoms with van der Waals surface area (Å²) in [6, 6.07) is 3.38. The minimum Gasteiger partial charge on any atom is -0.468 e. The molecule has 1 aromatic heterocycles. The van der Waals surface area contributed by atoms with Gasteiger partial charge in [-0.25, -0.2) is 13.1 Å². The van der Waals surface area contributed by atoms with Gasteiger partial charge in [-0.15, -0.1) is 0 Å². The zero-order valence-corrected chi connectivity index (χ0v) is 11.8. The molecular weight excluding hydrogens is 268 g/mol. The van der Waals surface area contributed by atoms with Crippen LogP contribution in [0, 0.1) is 0 Å².